The molecule has 134 valence electrons. The lowest BCUT2D eigenvalue weighted by Gasteiger charge is -2.35. The van der Waals surface area contributed by atoms with Crippen LogP contribution in [-0.4, -0.2) is 55.8 Å². The number of pyridine rings is 1. The van der Waals surface area contributed by atoms with Crippen molar-refractivity contribution in [1.29, 1.82) is 0 Å². The van der Waals surface area contributed by atoms with E-state index in [0.717, 1.165) is 64.6 Å². The second kappa shape index (κ2) is 9.76. The van der Waals surface area contributed by atoms with Gasteiger partial charge < -0.3 is 9.64 Å². The Morgan fingerprint density at radius 2 is 1.76 bits per heavy atom. The molecule has 0 bridgehead atoms. The molecule has 25 heavy (non-hydrogen) atoms. The third kappa shape index (κ3) is 5.99. The summed E-state index contributed by atoms with van der Waals surface area (Å²) in [7, 11) is 0. The Morgan fingerprint density at radius 3 is 2.48 bits per heavy atom. The van der Waals surface area contributed by atoms with E-state index < -0.39 is 0 Å². The highest BCUT2D eigenvalue weighted by Gasteiger charge is 2.17. The summed E-state index contributed by atoms with van der Waals surface area (Å²) in [6.45, 7) is 6.94. The van der Waals surface area contributed by atoms with Crippen LogP contribution in [0.4, 0.5) is 5.82 Å². The van der Waals surface area contributed by atoms with E-state index in [2.05, 4.69) is 39.0 Å². The number of nitrogens with zero attached hydrogens (tertiary/aromatic N) is 3. The molecule has 3 rings (SSSR count). The summed E-state index contributed by atoms with van der Waals surface area (Å²) in [5.74, 6) is 1.02. The Kier molecular flexibility index (Phi) is 7.10. The summed E-state index contributed by atoms with van der Waals surface area (Å²) < 4.78 is 5.77. The molecule has 0 spiro atoms. The molecule has 0 aliphatic carbocycles. The minimum absolute atomic E-state index is 0.689. The van der Waals surface area contributed by atoms with E-state index in [1.54, 1.807) is 6.20 Å². The second-order valence-electron chi connectivity index (χ2n) is 6.36. The highest BCUT2D eigenvalue weighted by atomic mass is 35.5. The van der Waals surface area contributed by atoms with Crippen molar-refractivity contribution in [1.82, 2.24) is 9.88 Å². The fourth-order valence-electron chi connectivity index (χ4n) is 3.08. The lowest BCUT2D eigenvalue weighted by Crippen LogP contribution is -2.47. The second-order valence-corrected chi connectivity index (χ2v) is 6.80. The standard InChI is InChI=1S/C20H26ClN3O/c21-19-7-8-20(22-17-19)24-13-11-23(12-14-24)10-4-15-25-16-9-18-5-2-1-3-6-18/h1-3,5-8,17H,4,9-16H2. The van der Waals surface area contributed by atoms with Crippen LogP contribution in [0.1, 0.15) is 12.0 Å². The smallest absolute Gasteiger partial charge is 0.128 e. The summed E-state index contributed by atoms with van der Waals surface area (Å²) in [5.41, 5.74) is 1.34. The lowest BCUT2D eigenvalue weighted by atomic mass is 10.2. The molecule has 4 nitrogen and oxygen atoms in total. The molecule has 2 aromatic rings. The molecule has 0 saturated carbocycles. The number of anilines is 1. The molecule has 0 amide bonds. The quantitative estimate of drug-likeness (QED) is 0.674. The largest absolute Gasteiger partial charge is 0.381 e. The average Bonchev–Trinajstić information content (AvgIpc) is 2.67. The Labute approximate surface area is 155 Å². The highest BCUT2D eigenvalue weighted by Crippen LogP contribution is 2.16. The van der Waals surface area contributed by atoms with E-state index in [-0.39, 0.29) is 0 Å². The van der Waals surface area contributed by atoms with E-state index >= 15 is 0 Å². The van der Waals surface area contributed by atoms with Crippen LogP contribution in [0.3, 0.4) is 0 Å². The van der Waals surface area contributed by atoms with Gasteiger partial charge in [0.25, 0.3) is 0 Å². The van der Waals surface area contributed by atoms with Gasteiger partial charge in [-0.3, -0.25) is 4.90 Å². The fraction of sp³-hybridized carbons (Fsp3) is 0.450. The van der Waals surface area contributed by atoms with E-state index in [9.17, 15) is 0 Å². The summed E-state index contributed by atoms with van der Waals surface area (Å²) in [6, 6.07) is 14.4. The first kappa shape index (κ1) is 18.2. The average molecular weight is 360 g/mol. The van der Waals surface area contributed by atoms with Crippen molar-refractivity contribution >= 4 is 17.4 Å². The number of aromatic nitrogens is 1. The zero-order valence-electron chi connectivity index (χ0n) is 14.6. The molecule has 0 radical (unpaired) electrons. The Balaban J connectivity index is 1.26. The number of ether oxygens (including phenoxy) is 1. The van der Waals surface area contributed by atoms with E-state index in [0.29, 0.717) is 5.02 Å². The van der Waals surface area contributed by atoms with Gasteiger partial charge in [0.1, 0.15) is 5.82 Å². The first-order valence-electron chi connectivity index (χ1n) is 9.02. The predicted molar refractivity (Wildman–Crippen MR) is 103 cm³/mol. The summed E-state index contributed by atoms with van der Waals surface area (Å²) in [4.78, 5) is 9.23. The van der Waals surface area contributed by atoms with Crippen molar-refractivity contribution in [2.75, 3.05) is 50.8 Å². The van der Waals surface area contributed by atoms with Crippen molar-refractivity contribution < 1.29 is 4.74 Å². The highest BCUT2D eigenvalue weighted by molar-refractivity contribution is 6.30. The predicted octanol–water partition coefficient (Wildman–Crippen LogP) is 3.51. The first-order chi connectivity index (χ1) is 12.3. The van der Waals surface area contributed by atoms with Gasteiger partial charge in [-0.05, 0) is 30.5 Å². The molecule has 0 N–H and O–H groups in total. The first-order valence-corrected chi connectivity index (χ1v) is 9.39. The van der Waals surface area contributed by atoms with Gasteiger partial charge in [-0.15, -0.1) is 0 Å². The summed E-state index contributed by atoms with van der Waals surface area (Å²) >= 11 is 5.90. The Morgan fingerprint density at radius 1 is 0.960 bits per heavy atom. The van der Waals surface area contributed by atoms with Gasteiger partial charge in [0.05, 0.1) is 11.6 Å². The van der Waals surface area contributed by atoms with E-state index in [1.165, 1.54) is 5.56 Å². The summed E-state index contributed by atoms with van der Waals surface area (Å²) in [6.07, 6.45) is 3.80. The molecule has 1 fully saturated rings. The lowest BCUT2D eigenvalue weighted by molar-refractivity contribution is 0.122. The number of halogens is 1. The van der Waals surface area contributed by atoms with Gasteiger partial charge in [-0.1, -0.05) is 41.9 Å². The molecule has 0 atom stereocenters. The molecular formula is C20H26ClN3O. The van der Waals surface area contributed by atoms with Crippen LogP contribution in [-0.2, 0) is 11.2 Å². The SMILES string of the molecule is Clc1ccc(N2CCN(CCCOCCc3ccccc3)CC2)nc1. The van der Waals surface area contributed by atoms with Crippen molar-refractivity contribution in [3.8, 4) is 0 Å². The molecule has 1 aliphatic heterocycles. The van der Waals surface area contributed by atoms with Crippen LogP contribution in [0.5, 0.6) is 0 Å². The number of benzene rings is 1. The maximum Gasteiger partial charge on any atom is 0.128 e. The number of rotatable bonds is 8. The molecule has 1 aliphatic rings. The van der Waals surface area contributed by atoms with Crippen molar-refractivity contribution in [3.63, 3.8) is 0 Å². The van der Waals surface area contributed by atoms with Gasteiger partial charge in [-0.2, -0.15) is 0 Å². The van der Waals surface area contributed by atoms with Gasteiger partial charge in [-0.25, -0.2) is 4.98 Å². The molecule has 1 aromatic carbocycles. The maximum absolute atomic E-state index is 5.90. The van der Waals surface area contributed by atoms with Crippen LogP contribution < -0.4 is 4.90 Å². The summed E-state index contributed by atoms with van der Waals surface area (Å²) in [5, 5.41) is 0.689. The van der Waals surface area contributed by atoms with Crippen LogP contribution in [0.15, 0.2) is 48.7 Å². The van der Waals surface area contributed by atoms with Crippen molar-refractivity contribution in [3.05, 3.63) is 59.2 Å². The van der Waals surface area contributed by atoms with Crippen molar-refractivity contribution in [2.45, 2.75) is 12.8 Å². The Bertz CT molecular complexity index is 613. The minimum Gasteiger partial charge on any atom is -0.381 e. The maximum atomic E-state index is 5.90. The monoisotopic (exact) mass is 359 g/mol. The van der Waals surface area contributed by atoms with Gasteiger partial charge >= 0.3 is 0 Å². The minimum atomic E-state index is 0.689. The van der Waals surface area contributed by atoms with Gasteiger partial charge in [0.15, 0.2) is 0 Å². The van der Waals surface area contributed by atoms with Crippen LogP contribution >= 0.6 is 11.6 Å². The van der Waals surface area contributed by atoms with E-state index in [4.69, 9.17) is 16.3 Å². The van der Waals surface area contributed by atoms with Crippen LogP contribution in [0.25, 0.3) is 0 Å². The third-order valence-electron chi connectivity index (χ3n) is 4.55. The fourth-order valence-corrected chi connectivity index (χ4v) is 3.19. The molecule has 1 saturated heterocycles. The molecule has 0 unspecified atom stereocenters. The number of hydrogen-bond donors (Lipinski definition) is 0. The van der Waals surface area contributed by atoms with Crippen LogP contribution in [0, 0.1) is 0 Å². The molecule has 2 heterocycles. The molecule has 1 aromatic heterocycles. The molecular weight excluding hydrogens is 334 g/mol. The third-order valence-corrected chi connectivity index (χ3v) is 4.77. The zero-order valence-corrected chi connectivity index (χ0v) is 15.4. The molecule has 5 heteroatoms. The Hall–Kier alpha value is -1.62. The van der Waals surface area contributed by atoms with Crippen LogP contribution in [0.2, 0.25) is 5.02 Å². The number of piperazine rings is 1. The topological polar surface area (TPSA) is 28.6 Å². The van der Waals surface area contributed by atoms with Crippen molar-refractivity contribution in [2.24, 2.45) is 0 Å². The van der Waals surface area contributed by atoms with E-state index in [1.807, 2.05) is 18.2 Å². The van der Waals surface area contributed by atoms with Gasteiger partial charge in [0.2, 0.25) is 0 Å². The zero-order chi connectivity index (χ0) is 17.3. The normalized spacial score (nSPS) is 15.5. The van der Waals surface area contributed by atoms with Gasteiger partial charge in [0, 0.05) is 45.5 Å². The number of hydrogen-bond acceptors (Lipinski definition) is 4.